The van der Waals surface area contributed by atoms with Crippen molar-refractivity contribution >= 4 is 23.1 Å². The standard InChI is InChI=1S/C30H34N2O5/c1-3-5-7-22(8-6-4-2)27-26(28(34)23-11-9-20(19-33)10-12-23)29(35)30(36)32(27)24-15-13-21(14-16-24)25-17-18-37-31-25/h9-18,22,27,33-34H,3-8,19H2,1-2H3/b28-26-. The first kappa shape index (κ1) is 26.4. The van der Waals surface area contributed by atoms with Gasteiger partial charge in [0.2, 0.25) is 0 Å². The largest absolute Gasteiger partial charge is 0.507 e. The van der Waals surface area contributed by atoms with Gasteiger partial charge in [-0.2, -0.15) is 0 Å². The number of rotatable bonds is 11. The molecule has 7 heteroatoms. The second-order valence-corrected chi connectivity index (χ2v) is 9.54. The molecule has 7 nitrogen and oxygen atoms in total. The maximum Gasteiger partial charge on any atom is 0.299 e. The van der Waals surface area contributed by atoms with Gasteiger partial charge in [0.15, 0.2) is 0 Å². The van der Waals surface area contributed by atoms with Crippen LogP contribution in [-0.2, 0) is 16.2 Å². The van der Waals surface area contributed by atoms with Gasteiger partial charge in [0.25, 0.3) is 11.7 Å². The van der Waals surface area contributed by atoms with E-state index in [0.717, 1.165) is 44.1 Å². The summed E-state index contributed by atoms with van der Waals surface area (Å²) < 4.78 is 4.94. The lowest BCUT2D eigenvalue weighted by molar-refractivity contribution is -0.132. The first-order valence-electron chi connectivity index (χ1n) is 13.0. The van der Waals surface area contributed by atoms with Gasteiger partial charge in [0.1, 0.15) is 17.7 Å². The summed E-state index contributed by atoms with van der Waals surface area (Å²) in [5.74, 6) is -1.47. The SMILES string of the molecule is CCCCC(CCCC)C1/C(=C(/O)c2ccc(CO)cc2)C(=O)C(=O)N1c1ccc(-c2ccon2)cc1. The summed E-state index contributed by atoms with van der Waals surface area (Å²) in [4.78, 5) is 28.5. The Morgan fingerprint density at radius 1 is 0.973 bits per heavy atom. The van der Waals surface area contributed by atoms with Crippen molar-refractivity contribution in [2.45, 2.75) is 65.0 Å². The number of benzene rings is 2. The Balaban J connectivity index is 1.81. The number of aliphatic hydroxyl groups excluding tert-OH is 2. The summed E-state index contributed by atoms with van der Waals surface area (Å²) in [5.41, 5.74) is 3.42. The van der Waals surface area contributed by atoms with Crippen LogP contribution in [0.2, 0.25) is 0 Å². The molecule has 1 amide bonds. The Hall–Kier alpha value is -3.71. The van der Waals surface area contributed by atoms with Gasteiger partial charge < -0.3 is 14.7 Å². The minimum Gasteiger partial charge on any atom is -0.507 e. The highest BCUT2D eigenvalue weighted by molar-refractivity contribution is 6.51. The van der Waals surface area contributed by atoms with Gasteiger partial charge in [-0.1, -0.05) is 81.1 Å². The number of hydrogen-bond acceptors (Lipinski definition) is 6. The average Bonchev–Trinajstić information content (AvgIpc) is 3.56. The molecule has 1 aromatic heterocycles. The van der Waals surface area contributed by atoms with E-state index in [1.54, 1.807) is 35.2 Å². The number of Topliss-reactive ketones (excluding diaryl/α,β-unsaturated/α-hetero) is 1. The molecule has 1 saturated heterocycles. The average molecular weight is 503 g/mol. The molecule has 2 N–H and O–H groups in total. The van der Waals surface area contributed by atoms with Crippen LogP contribution in [-0.4, -0.2) is 33.1 Å². The minimum absolute atomic E-state index is 0.0133. The zero-order valence-electron chi connectivity index (χ0n) is 21.4. The van der Waals surface area contributed by atoms with E-state index in [0.29, 0.717) is 22.5 Å². The number of anilines is 1. The molecule has 0 saturated carbocycles. The van der Waals surface area contributed by atoms with E-state index in [1.807, 2.05) is 24.3 Å². The highest BCUT2D eigenvalue weighted by Gasteiger charge is 2.49. The first-order chi connectivity index (χ1) is 18.0. The lowest BCUT2D eigenvalue weighted by atomic mass is 9.83. The van der Waals surface area contributed by atoms with Gasteiger partial charge in [-0.25, -0.2) is 0 Å². The second-order valence-electron chi connectivity index (χ2n) is 9.54. The molecule has 0 aliphatic carbocycles. The third kappa shape index (κ3) is 5.52. The number of aromatic nitrogens is 1. The monoisotopic (exact) mass is 502 g/mol. The molecular weight excluding hydrogens is 468 g/mol. The number of carbonyl (C=O) groups is 2. The van der Waals surface area contributed by atoms with Gasteiger partial charge in [0, 0.05) is 22.9 Å². The first-order valence-corrected chi connectivity index (χ1v) is 13.0. The normalized spacial score (nSPS) is 17.2. The molecule has 4 rings (SSSR count). The topological polar surface area (TPSA) is 104 Å². The van der Waals surface area contributed by atoms with Gasteiger partial charge in [0.05, 0.1) is 18.2 Å². The fourth-order valence-corrected chi connectivity index (χ4v) is 5.06. The van der Waals surface area contributed by atoms with Gasteiger partial charge in [-0.15, -0.1) is 0 Å². The van der Waals surface area contributed by atoms with Crippen molar-refractivity contribution in [2.24, 2.45) is 5.92 Å². The second kappa shape index (κ2) is 12.0. The lowest BCUT2D eigenvalue weighted by Crippen LogP contribution is -2.39. The van der Waals surface area contributed by atoms with E-state index < -0.39 is 17.7 Å². The van der Waals surface area contributed by atoms with E-state index in [-0.39, 0.29) is 23.9 Å². The molecule has 1 aliphatic rings. The van der Waals surface area contributed by atoms with Crippen LogP contribution in [0.4, 0.5) is 5.69 Å². The van der Waals surface area contributed by atoms with E-state index >= 15 is 0 Å². The molecule has 1 unspecified atom stereocenters. The summed E-state index contributed by atoms with van der Waals surface area (Å²) in [5, 5.41) is 24.7. The molecule has 1 atom stereocenters. The van der Waals surface area contributed by atoms with E-state index in [2.05, 4.69) is 19.0 Å². The number of nitrogens with zero attached hydrogens (tertiary/aromatic N) is 2. The predicted octanol–water partition coefficient (Wildman–Crippen LogP) is 6.08. The molecule has 0 bridgehead atoms. The van der Waals surface area contributed by atoms with Crippen LogP contribution in [0.5, 0.6) is 0 Å². The van der Waals surface area contributed by atoms with E-state index in [9.17, 15) is 19.8 Å². The van der Waals surface area contributed by atoms with Crippen LogP contribution >= 0.6 is 0 Å². The van der Waals surface area contributed by atoms with Crippen LogP contribution in [0.25, 0.3) is 17.0 Å². The van der Waals surface area contributed by atoms with Gasteiger partial charge >= 0.3 is 0 Å². The predicted molar refractivity (Wildman–Crippen MR) is 143 cm³/mol. The number of hydrogen-bond donors (Lipinski definition) is 2. The van der Waals surface area contributed by atoms with Crippen molar-refractivity contribution < 1.29 is 24.3 Å². The Kier molecular flexibility index (Phi) is 8.56. The smallest absolute Gasteiger partial charge is 0.299 e. The Morgan fingerprint density at radius 2 is 1.62 bits per heavy atom. The van der Waals surface area contributed by atoms with Crippen LogP contribution in [0.15, 0.2) is 71.0 Å². The molecule has 0 radical (unpaired) electrons. The molecule has 37 heavy (non-hydrogen) atoms. The third-order valence-electron chi connectivity index (χ3n) is 7.08. The van der Waals surface area contributed by atoms with E-state index in [1.165, 1.54) is 6.26 Å². The molecule has 1 fully saturated rings. The Morgan fingerprint density at radius 3 is 2.16 bits per heavy atom. The summed E-state index contributed by atoms with van der Waals surface area (Å²) in [6, 6.07) is 15.3. The van der Waals surface area contributed by atoms with Crippen molar-refractivity contribution in [3.05, 3.63) is 77.6 Å². The molecular formula is C30H34N2O5. The molecule has 0 spiro atoms. The zero-order chi connectivity index (χ0) is 26.4. The molecule has 3 aromatic rings. The quantitative estimate of drug-likeness (QED) is 0.187. The van der Waals surface area contributed by atoms with Crippen molar-refractivity contribution in [1.29, 1.82) is 0 Å². The molecule has 2 heterocycles. The molecule has 1 aliphatic heterocycles. The fourth-order valence-electron chi connectivity index (χ4n) is 5.06. The number of aliphatic hydroxyl groups is 2. The number of unbranched alkanes of at least 4 members (excludes halogenated alkanes) is 2. The van der Waals surface area contributed by atoms with E-state index in [4.69, 9.17) is 4.52 Å². The fraction of sp³-hybridized carbons (Fsp3) is 0.367. The van der Waals surface area contributed by atoms with Crippen molar-refractivity contribution in [2.75, 3.05) is 4.90 Å². The maximum absolute atomic E-state index is 13.5. The van der Waals surface area contributed by atoms with Crippen LogP contribution < -0.4 is 4.90 Å². The molecule has 194 valence electrons. The third-order valence-corrected chi connectivity index (χ3v) is 7.08. The Bertz CT molecular complexity index is 1220. The van der Waals surface area contributed by atoms with Crippen LogP contribution in [0, 0.1) is 5.92 Å². The summed E-state index contributed by atoms with van der Waals surface area (Å²) in [6.45, 7) is 4.13. The van der Waals surface area contributed by atoms with Gasteiger partial charge in [-0.3, -0.25) is 14.5 Å². The highest BCUT2D eigenvalue weighted by Crippen LogP contribution is 2.40. The Labute approximate surface area is 217 Å². The van der Waals surface area contributed by atoms with Crippen molar-refractivity contribution in [3.63, 3.8) is 0 Å². The summed E-state index contributed by atoms with van der Waals surface area (Å²) in [6.07, 6.45) is 7.11. The number of amides is 1. The summed E-state index contributed by atoms with van der Waals surface area (Å²) in [7, 11) is 0. The highest BCUT2D eigenvalue weighted by atomic mass is 16.5. The molecule has 2 aromatic carbocycles. The number of ketones is 1. The number of carbonyl (C=O) groups excluding carboxylic acids is 2. The van der Waals surface area contributed by atoms with Crippen molar-refractivity contribution in [3.8, 4) is 11.3 Å². The van der Waals surface area contributed by atoms with Gasteiger partial charge in [-0.05, 0) is 36.5 Å². The van der Waals surface area contributed by atoms with Crippen LogP contribution in [0.1, 0.15) is 63.5 Å². The van der Waals surface area contributed by atoms with Crippen LogP contribution in [0.3, 0.4) is 0 Å². The lowest BCUT2D eigenvalue weighted by Gasteiger charge is -2.32. The minimum atomic E-state index is -0.674. The maximum atomic E-state index is 13.5. The van der Waals surface area contributed by atoms with Crippen molar-refractivity contribution in [1.82, 2.24) is 5.16 Å². The summed E-state index contributed by atoms with van der Waals surface area (Å²) >= 11 is 0. The zero-order valence-corrected chi connectivity index (χ0v) is 21.4.